The predicted molar refractivity (Wildman–Crippen MR) is 104 cm³/mol. The summed E-state index contributed by atoms with van der Waals surface area (Å²) in [6.07, 6.45) is 4.09. The van der Waals surface area contributed by atoms with E-state index in [0.717, 1.165) is 18.4 Å². The number of anilines is 1. The molecular formula is C20H28N4O4. The summed E-state index contributed by atoms with van der Waals surface area (Å²) >= 11 is 0. The van der Waals surface area contributed by atoms with E-state index in [1.165, 1.54) is 0 Å². The molecule has 0 aliphatic carbocycles. The minimum atomic E-state index is -0.483. The molecule has 0 aromatic carbocycles. The van der Waals surface area contributed by atoms with E-state index in [4.69, 9.17) is 4.74 Å². The average molecular weight is 388 g/mol. The number of carbonyl (C=O) groups excluding carboxylic acids is 3. The molecule has 3 amide bonds. The maximum Gasteiger partial charge on any atom is 0.410 e. The van der Waals surface area contributed by atoms with E-state index in [9.17, 15) is 14.4 Å². The maximum absolute atomic E-state index is 12.2. The zero-order valence-electron chi connectivity index (χ0n) is 16.7. The first-order chi connectivity index (χ1) is 13.2. The fourth-order valence-electron chi connectivity index (χ4n) is 3.46. The van der Waals surface area contributed by atoms with Crippen molar-refractivity contribution in [2.24, 2.45) is 0 Å². The topological polar surface area (TPSA) is 101 Å². The summed E-state index contributed by atoms with van der Waals surface area (Å²) in [5.74, 6) is 0.418. The Bertz CT molecular complexity index is 734. The van der Waals surface area contributed by atoms with Gasteiger partial charge in [-0.05, 0) is 57.6 Å². The molecule has 8 nitrogen and oxygen atoms in total. The normalized spacial score (nSPS) is 21.2. The smallest absolute Gasteiger partial charge is 0.410 e. The number of imide groups is 1. The van der Waals surface area contributed by atoms with Crippen LogP contribution < -0.4 is 10.6 Å². The van der Waals surface area contributed by atoms with E-state index in [-0.39, 0.29) is 17.9 Å². The van der Waals surface area contributed by atoms with Crippen LogP contribution in [-0.4, -0.2) is 52.5 Å². The van der Waals surface area contributed by atoms with Gasteiger partial charge in [0.1, 0.15) is 17.5 Å². The molecule has 152 valence electrons. The van der Waals surface area contributed by atoms with Crippen LogP contribution in [0.5, 0.6) is 0 Å². The number of piperidine rings is 2. The second-order valence-corrected chi connectivity index (χ2v) is 8.37. The SMILES string of the molecule is CC(C)(C)OC(=O)N1CCC(c2ccc(N[C@H]3CCC(=O)NC3=O)nc2)CC1. The van der Waals surface area contributed by atoms with Crippen LogP contribution in [0.15, 0.2) is 18.3 Å². The fraction of sp³-hybridized carbons (Fsp3) is 0.600. The second-order valence-electron chi connectivity index (χ2n) is 8.37. The molecule has 2 N–H and O–H groups in total. The number of amides is 3. The molecule has 0 saturated carbocycles. The number of hydrogen-bond donors (Lipinski definition) is 2. The van der Waals surface area contributed by atoms with Gasteiger partial charge in [-0.1, -0.05) is 6.07 Å². The summed E-state index contributed by atoms with van der Waals surface area (Å²) in [6.45, 7) is 6.93. The summed E-state index contributed by atoms with van der Waals surface area (Å²) < 4.78 is 5.43. The Morgan fingerprint density at radius 1 is 1.21 bits per heavy atom. The minimum Gasteiger partial charge on any atom is -0.444 e. The highest BCUT2D eigenvalue weighted by molar-refractivity contribution is 6.01. The Hall–Kier alpha value is -2.64. The number of rotatable bonds is 3. The highest BCUT2D eigenvalue weighted by Gasteiger charge is 2.28. The van der Waals surface area contributed by atoms with Crippen LogP contribution in [-0.2, 0) is 14.3 Å². The number of pyridine rings is 1. The van der Waals surface area contributed by atoms with Crippen molar-refractivity contribution >= 4 is 23.7 Å². The second kappa shape index (κ2) is 8.16. The molecule has 3 rings (SSSR count). The van der Waals surface area contributed by atoms with Gasteiger partial charge in [0, 0.05) is 25.7 Å². The Labute approximate surface area is 165 Å². The van der Waals surface area contributed by atoms with Gasteiger partial charge in [0.15, 0.2) is 0 Å². The van der Waals surface area contributed by atoms with Crippen molar-refractivity contribution in [3.8, 4) is 0 Å². The van der Waals surface area contributed by atoms with Crippen molar-refractivity contribution in [1.29, 1.82) is 0 Å². The van der Waals surface area contributed by atoms with Crippen LogP contribution in [0, 0.1) is 0 Å². The van der Waals surface area contributed by atoms with Crippen LogP contribution in [0.3, 0.4) is 0 Å². The van der Waals surface area contributed by atoms with E-state index < -0.39 is 11.6 Å². The van der Waals surface area contributed by atoms with Crippen LogP contribution in [0.4, 0.5) is 10.6 Å². The third-order valence-corrected chi connectivity index (χ3v) is 4.97. The van der Waals surface area contributed by atoms with E-state index in [2.05, 4.69) is 15.6 Å². The van der Waals surface area contributed by atoms with Crippen molar-refractivity contribution in [1.82, 2.24) is 15.2 Å². The van der Waals surface area contributed by atoms with Crippen molar-refractivity contribution < 1.29 is 19.1 Å². The minimum absolute atomic E-state index is 0.232. The molecule has 28 heavy (non-hydrogen) atoms. The zero-order valence-corrected chi connectivity index (χ0v) is 16.7. The quantitative estimate of drug-likeness (QED) is 0.771. The summed E-state index contributed by atoms with van der Waals surface area (Å²) in [5, 5.41) is 5.41. The Morgan fingerprint density at radius 3 is 2.50 bits per heavy atom. The first-order valence-corrected chi connectivity index (χ1v) is 9.75. The van der Waals surface area contributed by atoms with Crippen molar-refractivity contribution in [2.45, 2.75) is 64.0 Å². The van der Waals surface area contributed by atoms with Gasteiger partial charge in [-0.2, -0.15) is 0 Å². The summed E-state index contributed by atoms with van der Waals surface area (Å²) in [7, 11) is 0. The third-order valence-electron chi connectivity index (χ3n) is 4.97. The van der Waals surface area contributed by atoms with Gasteiger partial charge >= 0.3 is 6.09 Å². The van der Waals surface area contributed by atoms with E-state index in [1.54, 1.807) is 4.90 Å². The molecule has 0 spiro atoms. The van der Waals surface area contributed by atoms with Gasteiger partial charge in [0.25, 0.3) is 0 Å². The lowest BCUT2D eigenvalue weighted by atomic mass is 9.90. The van der Waals surface area contributed by atoms with Crippen molar-refractivity contribution in [3.63, 3.8) is 0 Å². The molecule has 3 heterocycles. The van der Waals surface area contributed by atoms with Gasteiger partial charge in [-0.3, -0.25) is 14.9 Å². The molecule has 2 saturated heterocycles. The number of carbonyl (C=O) groups is 3. The first kappa shape index (κ1) is 20.1. The van der Waals surface area contributed by atoms with Gasteiger partial charge < -0.3 is 15.0 Å². The highest BCUT2D eigenvalue weighted by atomic mass is 16.6. The largest absolute Gasteiger partial charge is 0.444 e. The van der Waals surface area contributed by atoms with Crippen molar-refractivity contribution in [3.05, 3.63) is 23.9 Å². The van der Waals surface area contributed by atoms with Crippen LogP contribution in [0.2, 0.25) is 0 Å². The molecule has 2 fully saturated rings. The lowest BCUT2D eigenvalue weighted by Gasteiger charge is -2.33. The molecule has 0 radical (unpaired) electrons. The number of aromatic nitrogens is 1. The Morgan fingerprint density at radius 2 is 1.93 bits per heavy atom. The monoisotopic (exact) mass is 388 g/mol. The Balaban J connectivity index is 1.51. The molecule has 2 aliphatic rings. The Kier molecular flexibility index (Phi) is 5.86. The number of nitrogens with zero attached hydrogens (tertiary/aromatic N) is 2. The van der Waals surface area contributed by atoms with Gasteiger partial charge in [-0.15, -0.1) is 0 Å². The maximum atomic E-state index is 12.2. The van der Waals surface area contributed by atoms with E-state index >= 15 is 0 Å². The molecule has 1 aromatic heterocycles. The number of hydrogen-bond acceptors (Lipinski definition) is 6. The predicted octanol–water partition coefficient (Wildman–Crippen LogP) is 2.41. The molecule has 0 bridgehead atoms. The molecular weight excluding hydrogens is 360 g/mol. The number of nitrogens with one attached hydrogen (secondary N) is 2. The van der Waals surface area contributed by atoms with E-state index in [0.29, 0.717) is 37.7 Å². The fourth-order valence-corrected chi connectivity index (χ4v) is 3.46. The lowest BCUT2D eigenvalue weighted by Crippen LogP contribution is -2.47. The van der Waals surface area contributed by atoms with Gasteiger partial charge in [-0.25, -0.2) is 9.78 Å². The molecule has 8 heteroatoms. The summed E-state index contributed by atoms with van der Waals surface area (Å²) in [6, 6.07) is 3.43. The van der Waals surface area contributed by atoms with E-state index in [1.807, 2.05) is 39.1 Å². The number of ether oxygens (including phenoxy) is 1. The van der Waals surface area contributed by atoms with Crippen LogP contribution in [0.25, 0.3) is 0 Å². The van der Waals surface area contributed by atoms with Crippen molar-refractivity contribution in [2.75, 3.05) is 18.4 Å². The standard InChI is InChI=1S/C20H28N4O4/c1-20(2,3)28-19(27)24-10-8-13(9-11-24)14-4-6-16(21-12-14)22-15-5-7-17(25)23-18(15)26/h4,6,12-13,15H,5,7-11H2,1-3H3,(H,21,22)(H,23,25,26)/t15-/m0/s1. The summed E-state index contributed by atoms with van der Waals surface area (Å²) in [5.41, 5.74) is 0.640. The number of likely N-dealkylation sites (tertiary alicyclic amines) is 1. The molecule has 2 aliphatic heterocycles. The molecule has 1 aromatic rings. The zero-order chi connectivity index (χ0) is 20.3. The first-order valence-electron chi connectivity index (χ1n) is 9.75. The van der Waals surface area contributed by atoms with Crippen LogP contribution >= 0.6 is 0 Å². The third kappa shape index (κ3) is 5.21. The molecule has 1 atom stereocenters. The average Bonchev–Trinajstić information content (AvgIpc) is 2.63. The summed E-state index contributed by atoms with van der Waals surface area (Å²) in [4.78, 5) is 41.4. The van der Waals surface area contributed by atoms with Gasteiger partial charge in [0.2, 0.25) is 11.8 Å². The van der Waals surface area contributed by atoms with Crippen LogP contribution in [0.1, 0.15) is 57.9 Å². The highest BCUT2D eigenvalue weighted by Crippen LogP contribution is 2.29. The van der Waals surface area contributed by atoms with Gasteiger partial charge in [0.05, 0.1) is 0 Å². The molecule has 0 unspecified atom stereocenters. The lowest BCUT2D eigenvalue weighted by molar-refractivity contribution is -0.133.